The summed E-state index contributed by atoms with van der Waals surface area (Å²) in [6.45, 7) is 6.04. The van der Waals surface area contributed by atoms with Crippen molar-refractivity contribution in [1.82, 2.24) is 4.90 Å². The van der Waals surface area contributed by atoms with Gasteiger partial charge in [-0.05, 0) is 23.6 Å². The summed E-state index contributed by atoms with van der Waals surface area (Å²) in [7, 11) is 0. The smallest absolute Gasteiger partial charge is 0.126 e. The first-order valence-electron chi connectivity index (χ1n) is 6.05. The summed E-state index contributed by atoms with van der Waals surface area (Å²) in [6.07, 6.45) is 0.421. The average Bonchev–Trinajstić information content (AvgIpc) is 2.23. The van der Waals surface area contributed by atoms with Crippen LogP contribution >= 0.6 is 0 Å². The highest BCUT2D eigenvalue weighted by molar-refractivity contribution is 5.17. The maximum Gasteiger partial charge on any atom is 0.126 e. The van der Waals surface area contributed by atoms with Gasteiger partial charge in [-0.2, -0.15) is 5.26 Å². The Balaban J connectivity index is 2.72. The van der Waals surface area contributed by atoms with Crippen molar-refractivity contribution in [2.45, 2.75) is 26.8 Å². The molecule has 0 saturated heterocycles. The molecular weight excluding hydrogens is 234 g/mol. The van der Waals surface area contributed by atoms with Gasteiger partial charge in [0.1, 0.15) is 11.6 Å². The molecule has 4 heteroatoms. The number of nitriles is 1. The zero-order valence-corrected chi connectivity index (χ0v) is 10.8. The summed E-state index contributed by atoms with van der Waals surface area (Å²) in [4.78, 5) is 2.04. The first-order valence-corrected chi connectivity index (χ1v) is 6.05. The molecule has 0 fully saturated rings. The highest BCUT2D eigenvalue weighted by atomic mass is 19.1. The monoisotopic (exact) mass is 252 g/mol. The molecule has 0 radical (unpaired) electrons. The minimum Gasteiger partial charge on any atom is -0.298 e. The topological polar surface area (TPSA) is 27.0 Å². The molecule has 0 atom stereocenters. The van der Waals surface area contributed by atoms with Crippen molar-refractivity contribution < 1.29 is 8.78 Å². The van der Waals surface area contributed by atoms with E-state index in [9.17, 15) is 8.78 Å². The van der Waals surface area contributed by atoms with E-state index in [1.54, 1.807) is 0 Å². The van der Waals surface area contributed by atoms with Gasteiger partial charge in [-0.15, -0.1) is 0 Å². The van der Waals surface area contributed by atoms with Crippen LogP contribution in [0.3, 0.4) is 0 Å². The van der Waals surface area contributed by atoms with E-state index in [2.05, 4.69) is 19.9 Å². The maximum atomic E-state index is 13.1. The fraction of sp³-hybridized carbons (Fsp3) is 0.500. The molecule has 0 spiro atoms. The molecule has 0 bridgehead atoms. The molecule has 98 valence electrons. The van der Waals surface area contributed by atoms with Gasteiger partial charge in [0.2, 0.25) is 0 Å². The third-order valence-corrected chi connectivity index (χ3v) is 2.49. The second kappa shape index (κ2) is 7.07. The first-order chi connectivity index (χ1) is 8.51. The normalized spacial score (nSPS) is 10.9. The lowest BCUT2D eigenvalue weighted by Gasteiger charge is -2.23. The van der Waals surface area contributed by atoms with Gasteiger partial charge in [0.15, 0.2) is 0 Å². The van der Waals surface area contributed by atoms with E-state index in [0.29, 0.717) is 31.0 Å². The summed E-state index contributed by atoms with van der Waals surface area (Å²) in [5, 5.41) is 8.61. The highest BCUT2D eigenvalue weighted by Crippen LogP contribution is 2.12. The molecule has 18 heavy (non-hydrogen) atoms. The van der Waals surface area contributed by atoms with E-state index in [1.165, 1.54) is 12.1 Å². The molecule has 1 aromatic carbocycles. The lowest BCUT2D eigenvalue weighted by molar-refractivity contribution is 0.240. The van der Waals surface area contributed by atoms with Crippen molar-refractivity contribution in [3.8, 4) is 6.07 Å². The van der Waals surface area contributed by atoms with Gasteiger partial charge in [-0.3, -0.25) is 4.90 Å². The van der Waals surface area contributed by atoms with E-state index < -0.39 is 11.6 Å². The lowest BCUT2D eigenvalue weighted by Crippen LogP contribution is -2.28. The predicted octanol–water partition coefficient (Wildman–Crippen LogP) is 3.34. The quantitative estimate of drug-likeness (QED) is 0.776. The van der Waals surface area contributed by atoms with Crippen LogP contribution in [0, 0.1) is 28.9 Å². The molecule has 0 saturated carbocycles. The third kappa shape index (κ3) is 5.24. The summed E-state index contributed by atoms with van der Waals surface area (Å²) in [5.41, 5.74) is 0.603. The largest absolute Gasteiger partial charge is 0.298 e. The van der Waals surface area contributed by atoms with Crippen molar-refractivity contribution >= 4 is 0 Å². The van der Waals surface area contributed by atoms with Crippen molar-refractivity contribution in [3.05, 3.63) is 35.4 Å². The molecule has 0 heterocycles. The van der Waals surface area contributed by atoms with E-state index in [4.69, 9.17) is 5.26 Å². The standard InChI is InChI=1S/C14H18F2N2/c1-11(2)9-18(5-3-4-17)10-12-6-13(15)8-14(16)7-12/h6-8,11H,3,5,9-10H2,1-2H3. The molecule has 2 nitrogen and oxygen atoms in total. The van der Waals surface area contributed by atoms with Gasteiger partial charge in [-0.1, -0.05) is 13.8 Å². The second-order valence-electron chi connectivity index (χ2n) is 4.81. The van der Waals surface area contributed by atoms with Gasteiger partial charge in [0, 0.05) is 32.1 Å². The fourth-order valence-electron chi connectivity index (χ4n) is 1.92. The molecule has 0 aliphatic rings. The van der Waals surface area contributed by atoms with Crippen LogP contribution in [0.25, 0.3) is 0 Å². The lowest BCUT2D eigenvalue weighted by atomic mass is 10.1. The van der Waals surface area contributed by atoms with Crippen molar-refractivity contribution in [1.29, 1.82) is 5.26 Å². The van der Waals surface area contributed by atoms with Crippen LogP contribution in [0.4, 0.5) is 8.78 Å². The molecule has 1 aromatic rings. The van der Waals surface area contributed by atoms with Crippen molar-refractivity contribution in [2.24, 2.45) is 5.92 Å². The molecule has 0 aliphatic carbocycles. The van der Waals surface area contributed by atoms with Crippen LogP contribution in [-0.4, -0.2) is 18.0 Å². The first kappa shape index (κ1) is 14.6. The van der Waals surface area contributed by atoms with Crippen LogP contribution < -0.4 is 0 Å². The van der Waals surface area contributed by atoms with E-state index in [1.807, 2.05) is 4.90 Å². The second-order valence-corrected chi connectivity index (χ2v) is 4.81. The van der Waals surface area contributed by atoms with Crippen LogP contribution in [0.1, 0.15) is 25.8 Å². The number of halogens is 2. The minimum atomic E-state index is -0.560. The summed E-state index contributed by atoms with van der Waals surface area (Å²) in [5.74, 6) is -0.674. The van der Waals surface area contributed by atoms with Crippen LogP contribution in [0.5, 0.6) is 0 Å². The molecular formula is C14H18F2N2. The van der Waals surface area contributed by atoms with Gasteiger partial charge in [0.25, 0.3) is 0 Å². The Labute approximate surface area is 107 Å². The van der Waals surface area contributed by atoms with Crippen molar-refractivity contribution in [2.75, 3.05) is 13.1 Å². The molecule has 0 aromatic heterocycles. The minimum absolute atomic E-state index is 0.421. The molecule has 0 unspecified atom stereocenters. The Bertz CT molecular complexity index is 404. The number of rotatable bonds is 6. The zero-order valence-electron chi connectivity index (χ0n) is 10.8. The predicted molar refractivity (Wildman–Crippen MR) is 66.7 cm³/mol. The Morgan fingerprint density at radius 2 is 1.83 bits per heavy atom. The zero-order chi connectivity index (χ0) is 13.5. The molecule has 0 N–H and O–H groups in total. The number of hydrogen-bond acceptors (Lipinski definition) is 2. The Hall–Kier alpha value is -1.47. The summed E-state index contributed by atoms with van der Waals surface area (Å²) < 4.78 is 26.2. The SMILES string of the molecule is CC(C)CN(CCC#N)Cc1cc(F)cc(F)c1. The number of hydrogen-bond donors (Lipinski definition) is 0. The summed E-state index contributed by atoms with van der Waals surface area (Å²) >= 11 is 0. The molecule has 0 aliphatic heterocycles. The van der Waals surface area contributed by atoms with Crippen LogP contribution in [0.15, 0.2) is 18.2 Å². The Morgan fingerprint density at radius 3 is 2.33 bits per heavy atom. The Morgan fingerprint density at radius 1 is 1.22 bits per heavy atom. The molecule has 0 amide bonds. The average molecular weight is 252 g/mol. The molecule has 1 rings (SSSR count). The Kier molecular flexibility index (Phi) is 5.73. The number of nitrogens with zero attached hydrogens (tertiary/aromatic N) is 2. The van der Waals surface area contributed by atoms with Gasteiger partial charge >= 0.3 is 0 Å². The number of benzene rings is 1. The summed E-state index contributed by atoms with van der Waals surface area (Å²) in [6, 6.07) is 5.63. The highest BCUT2D eigenvalue weighted by Gasteiger charge is 2.09. The van der Waals surface area contributed by atoms with E-state index >= 15 is 0 Å². The van der Waals surface area contributed by atoms with E-state index in [-0.39, 0.29) is 0 Å². The van der Waals surface area contributed by atoms with E-state index in [0.717, 1.165) is 12.6 Å². The maximum absolute atomic E-state index is 13.1. The third-order valence-electron chi connectivity index (χ3n) is 2.49. The van der Waals surface area contributed by atoms with Gasteiger partial charge in [0.05, 0.1) is 6.07 Å². The van der Waals surface area contributed by atoms with Crippen molar-refractivity contribution in [3.63, 3.8) is 0 Å². The van der Waals surface area contributed by atoms with Gasteiger partial charge in [-0.25, -0.2) is 8.78 Å². The van der Waals surface area contributed by atoms with Crippen LogP contribution in [0.2, 0.25) is 0 Å². The fourth-order valence-corrected chi connectivity index (χ4v) is 1.92. The van der Waals surface area contributed by atoms with Gasteiger partial charge < -0.3 is 0 Å². The van der Waals surface area contributed by atoms with Crippen LogP contribution in [-0.2, 0) is 6.54 Å².